The van der Waals surface area contributed by atoms with E-state index in [1.807, 2.05) is 4.90 Å². The van der Waals surface area contributed by atoms with Crippen LogP contribution in [0, 0.1) is 17.0 Å². The molecule has 0 saturated carbocycles. The number of hydrogen-bond donors (Lipinski definition) is 2. The molecule has 3 rings (SSSR count). The van der Waals surface area contributed by atoms with E-state index >= 15 is 0 Å². The van der Waals surface area contributed by atoms with Crippen molar-refractivity contribution in [2.45, 2.75) is 19.3 Å². The van der Waals surface area contributed by atoms with Crippen molar-refractivity contribution in [1.82, 2.24) is 9.97 Å². The Hall–Kier alpha value is -2.28. The maximum atomic E-state index is 14.0. The molecule has 1 fully saturated rings. The first kappa shape index (κ1) is 16.6. The number of nitrogens with zero attached hydrogens (tertiary/aromatic N) is 3. The topological polar surface area (TPSA) is 75.3 Å². The molecule has 128 valence electrons. The summed E-state index contributed by atoms with van der Waals surface area (Å²) < 4.78 is 27.1. The highest BCUT2D eigenvalue weighted by Crippen LogP contribution is 2.35. The second-order valence-electron chi connectivity index (χ2n) is 6.37. The number of halogens is 2. The van der Waals surface area contributed by atoms with Crippen molar-refractivity contribution < 1.29 is 13.9 Å². The molecule has 1 aliphatic rings. The summed E-state index contributed by atoms with van der Waals surface area (Å²) in [5.41, 5.74) is 5.55. The Labute approximate surface area is 139 Å². The average molecular weight is 334 g/mol. The van der Waals surface area contributed by atoms with Crippen molar-refractivity contribution >= 4 is 11.8 Å². The molecule has 7 heteroatoms. The Morgan fingerprint density at radius 2 is 2.12 bits per heavy atom. The molecule has 0 radical (unpaired) electrons. The minimum absolute atomic E-state index is 0.0825. The van der Waals surface area contributed by atoms with Crippen LogP contribution in [0.4, 0.5) is 20.5 Å². The van der Waals surface area contributed by atoms with Gasteiger partial charge in [0.15, 0.2) is 0 Å². The van der Waals surface area contributed by atoms with Crippen LogP contribution in [0.15, 0.2) is 30.5 Å². The molecule has 0 spiro atoms. The molecule has 1 saturated heterocycles. The minimum atomic E-state index is -0.601. The van der Waals surface area contributed by atoms with Crippen LogP contribution >= 0.6 is 0 Å². The predicted molar refractivity (Wildman–Crippen MR) is 87.5 cm³/mol. The molecule has 1 aliphatic heterocycles. The number of piperidine rings is 1. The van der Waals surface area contributed by atoms with E-state index in [1.165, 1.54) is 12.1 Å². The van der Waals surface area contributed by atoms with E-state index in [9.17, 15) is 13.9 Å². The number of aliphatic hydroxyl groups excluding tert-OH is 1. The van der Waals surface area contributed by atoms with Crippen LogP contribution in [0.25, 0.3) is 0 Å². The Morgan fingerprint density at radius 1 is 1.29 bits per heavy atom. The predicted octanol–water partition coefficient (Wildman–Crippen LogP) is 2.16. The van der Waals surface area contributed by atoms with Gasteiger partial charge >= 0.3 is 0 Å². The van der Waals surface area contributed by atoms with Crippen molar-refractivity contribution in [3.8, 4) is 0 Å². The van der Waals surface area contributed by atoms with Crippen LogP contribution < -0.4 is 10.6 Å². The second kappa shape index (κ2) is 6.68. The molecule has 0 bridgehead atoms. The molecule has 5 nitrogen and oxygen atoms in total. The third-order valence-electron chi connectivity index (χ3n) is 4.56. The quantitative estimate of drug-likeness (QED) is 0.896. The summed E-state index contributed by atoms with van der Waals surface area (Å²) in [4.78, 5) is 10.1. The molecular formula is C17H20F2N4O. The van der Waals surface area contributed by atoms with Crippen LogP contribution in [-0.4, -0.2) is 34.8 Å². The minimum Gasteiger partial charge on any atom is -0.396 e. The normalized spacial score (nSPS) is 21.0. The molecule has 1 aromatic heterocycles. The summed E-state index contributed by atoms with van der Waals surface area (Å²) in [5, 5.41) is 9.99. The van der Waals surface area contributed by atoms with Crippen LogP contribution in [0.3, 0.4) is 0 Å². The molecule has 3 N–H and O–H groups in total. The number of hydrogen-bond acceptors (Lipinski definition) is 5. The number of benzene rings is 1. The van der Waals surface area contributed by atoms with E-state index < -0.39 is 17.0 Å². The van der Waals surface area contributed by atoms with E-state index in [1.54, 1.807) is 12.3 Å². The van der Waals surface area contributed by atoms with Crippen LogP contribution in [0.5, 0.6) is 0 Å². The zero-order chi connectivity index (χ0) is 17.2. The maximum Gasteiger partial charge on any atom is 0.221 e. The van der Waals surface area contributed by atoms with Gasteiger partial charge in [-0.1, -0.05) is 6.07 Å². The van der Waals surface area contributed by atoms with Crippen molar-refractivity contribution in [3.63, 3.8) is 0 Å². The van der Waals surface area contributed by atoms with Gasteiger partial charge < -0.3 is 15.7 Å². The van der Waals surface area contributed by atoms with Gasteiger partial charge in [0, 0.05) is 30.8 Å². The van der Waals surface area contributed by atoms with E-state index in [2.05, 4.69) is 9.97 Å². The fourth-order valence-corrected chi connectivity index (χ4v) is 3.34. The van der Waals surface area contributed by atoms with Crippen LogP contribution in [0.2, 0.25) is 0 Å². The SMILES string of the molecule is Nc1nccc(N2CCC[C@@](CO)(Cc3ccc(F)cc3F)C2)n1. The van der Waals surface area contributed by atoms with Gasteiger partial charge in [-0.2, -0.15) is 4.98 Å². The van der Waals surface area contributed by atoms with E-state index in [-0.39, 0.29) is 12.6 Å². The molecule has 0 aliphatic carbocycles. The summed E-state index contributed by atoms with van der Waals surface area (Å²) in [7, 11) is 0. The molecule has 2 heterocycles. The van der Waals surface area contributed by atoms with Crippen molar-refractivity contribution in [2.24, 2.45) is 5.41 Å². The van der Waals surface area contributed by atoms with E-state index in [0.717, 1.165) is 25.5 Å². The molecule has 0 amide bonds. The van der Waals surface area contributed by atoms with Gasteiger partial charge in [0.1, 0.15) is 17.5 Å². The third-order valence-corrected chi connectivity index (χ3v) is 4.56. The van der Waals surface area contributed by atoms with Crippen molar-refractivity contribution in [2.75, 3.05) is 30.3 Å². The van der Waals surface area contributed by atoms with Gasteiger partial charge in [-0.05, 0) is 37.0 Å². The van der Waals surface area contributed by atoms with Gasteiger partial charge in [-0.3, -0.25) is 0 Å². The van der Waals surface area contributed by atoms with Gasteiger partial charge in [0.05, 0.1) is 6.61 Å². The average Bonchev–Trinajstić information content (AvgIpc) is 2.58. The fourth-order valence-electron chi connectivity index (χ4n) is 3.34. The standard InChI is InChI=1S/C17H20F2N4O/c18-13-3-2-12(14(19)8-13)9-17(11-24)5-1-7-23(10-17)15-4-6-21-16(20)22-15/h2-4,6,8,24H,1,5,7,9-11H2,(H2,20,21,22)/t17-/m1/s1. The monoisotopic (exact) mass is 334 g/mol. The van der Waals surface area contributed by atoms with Crippen LogP contribution in [-0.2, 0) is 6.42 Å². The second-order valence-corrected chi connectivity index (χ2v) is 6.37. The first-order chi connectivity index (χ1) is 11.5. The van der Waals surface area contributed by atoms with Crippen molar-refractivity contribution in [1.29, 1.82) is 0 Å². The Morgan fingerprint density at radius 3 is 2.83 bits per heavy atom. The van der Waals surface area contributed by atoms with Gasteiger partial charge in [-0.15, -0.1) is 0 Å². The first-order valence-corrected chi connectivity index (χ1v) is 7.90. The number of anilines is 2. The number of nitrogens with two attached hydrogens (primary N) is 1. The molecule has 0 unspecified atom stereocenters. The third kappa shape index (κ3) is 3.46. The Balaban J connectivity index is 1.83. The number of rotatable bonds is 4. The Kier molecular flexibility index (Phi) is 4.62. The highest BCUT2D eigenvalue weighted by molar-refractivity contribution is 5.42. The zero-order valence-electron chi connectivity index (χ0n) is 13.3. The lowest BCUT2D eigenvalue weighted by molar-refractivity contribution is 0.104. The van der Waals surface area contributed by atoms with Gasteiger partial charge in [0.2, 0.25) is 5.95 Å². The first-order valence-electron chi connectivity index (χ1n) is 7.90. The number of aromatic nitrogens is 2. The number of nitrogen functional groups attached to an aromatic ring is 1. The summed E-state index contributed by atoms with van der Waals surface area (Å²) in [6.07, 6.45) is 3.53. The molecule has 2 aromatic rings. The Bertz CT molecular complexity index is 727. The fraction of sp³-hybridized carbons (Fsp3) is 0.412. The van der Waals surface area contributed by atoms with Gasteiger partial charge in [0.25, 0.3) is 0 Å². The number of aliphatic hydroxyl groups is 1. The summed E-state index contributed by atoms with van der Waals surface area (Å²) in [6.45, 7) is 1.22. The lowest BCUT2D eigenvalue weighted by Gasteiger charge is -2.42. The highest BCUT2D eigenvalue weighted by Gasteiger charge is 2.36. The van der Waals surface area contributed by atoms with Crippen molar-refractivity contribution in [3.05, 3.63) is 47.7 Å². The smallest absolute Gasteiger partial charge is 0.221 e. The molecular weight excluding hydrogens is 314 g/mol. The lowest BCUT2D eigenvalue weighted by Crippen LogP contribution is -2.47. The maximum absolute atomic E-state index is 14.0. The summed E-state index contributed by atoms with van der Waals surface area (Å²) >= 11 is 0. The summed E-state index contributed by atoms with van der Waals surface area (Å²) in [6, 6.07) is 5.34. The van der Waals surface area contributed by atoms with E-state index in [0.29, 0.717) is 24.3 Å². The largest absolute Gasteiger partial charge is 0.396 e. The van der Waals surface area contributed by atoms with Crippen LogP contribution in [0.1, 0.15) is 18.4 Å². The lowest BCUT2D eigenvalue weighted by atomic mass is 9.75. The summed E-state index contributed by atoms with van der Waals surface area (Å²) in [5.74, 6) is -0.292. The molecule has 1 atom stereocenters. The highest BCUT2D eigenvalue weighted by atomic mass is 19.1. The van der Waals surface area contributed by atoms with E-state index in [4.69, 9.17) is 5.73 Å². The van der Waals surface area contributed by atoms with Gasteiger partial charge in [-0.25, -0.2) is 13.8 Å². The molecule has 24 heavy (non-hydrogen) atoms. The zero-order valence-corrected chi connectivity index (χ0v) is 13.3. The molecule has 1 aromatic carbocycles.